The molecular formula is C19H17N9O. The SMILES string of the molecule is CC1C(c2cn[nH]c2)OCCN1c1ccnc(-c2cnc3cnc(C#N)cn23)n1. The largest absolute Gasteiger partial charge is 0.369 e. The Hall–Kier alpha value is -3.84. The van der Waals surface area contributed by atoms with Gasteiger partial charge < -0.3 is 9.64 Å². The molecule has 1 N–H and O–H groups in total. The van der Waals surface area contributed by atoms with Gasteiger partial charge in [0.1, 0.15) is 23.7 Å². The Morgan fingerprint density at radius 1 is 1.24 bits per heavy atom. The Bertz CT molecular complexity index is 1190. The standard InChI is InChI=1S/C19H17N9O/c1-12-18(13-7-24-25-8-13)29-5-4-27(12)16-2-3-21-19(26-16)15-9-23-17-10-22-14(6-20)11-28(15)17/h2-3,7-12,18H,4-5H2,1H3,(H,24,25). The summed E-state index contributed by atoms with van der Waals surface area (Å²) >= 11 is 0. The van der Waals surface area contributed by atoms with E-state index in [9.17, 15) is 0 Å². The Labute approximate surface area is 165 Å². The number of nitrogens with zero attached hydrogens (tertiary/aromatic N) is 8. The quantitative estimate of drug-likeness (QED) is 0.564. The zero-order chi connectivity index (χ0) is 19.8. The molecule has 2 atom stereocenters. The Morgan fingerprint density at radius 3 is 3.00 bits per heavy atom. The van der Waals surface area contributed by atoms with Crippen LogP contribution in [0.15, 0.2) is 43.2 Å². The van der Waals surface area contributed by atoms with Gasteiger partial charge in [0, 0.05) is 30.7 Å². The lowest BCUT2D eigenvalue weighted by atomic mass is 10.0. The fourth-order valence-electron chi connectivity index (χ4n) is 3.64. The van der Waals surface area contributed by atoms with Gasteiger partial charge in [0.25, 0.3) is 0 Å². The number of imidazole rings is 1. The first-order chi connectivity index (χ1) is 14.2. The van der Waals surface area contributed by atoms with Crippen LogP contribution in [0, 0.1) is 11.3 Å². The number of fused-ring (bicyclic) bond motifs is 1. The lowest BCUT2D eigenvalue weighted by molar-refractivity contribution is 0.0143. The molecular weight excluding hydrogens is 370 g/mol. The fourth-order valence-corrected chi connectivity index (χ4v) is 3.64. The number of nitrogens with one attached hydrogen (secondary N) is 1. The van der Waals surface area contributed by atoms with Gasteiger partial charge in [-0.15, -0.1) is 0 Å². The van der Waals surface area contributed by atoms with Crippen LogP contribution in [0.1, 0.15) is 24.3 Å². The van der Waals surface area contributed by atoms with Crippen LogP contribution in [-0.2, 0) is 4.74 Å². The number of nitriles is 1. The average Bonchev–Trinajstić information content (AvgIpc) is 3.43. The van der Waals surface area contributed by atoms with Crippen molar-refractivity contribution in [1.29, 1.82) is 5.26 Å². The third kappa shape index (κ3) is 2.97. The summed E-state index contributed by atoms with van der Waals surface area (Å²) in [6.45, 7) is 3.42. The average molecular weight is 387 g/mol. The van der Waals surface area contributed by atoms with Crippen molar-refractivity contribution in [2.45, 2.75) is 19.1 Å². The molecule has 5 heterocycles. The van der Waals surface area contributed by atoms with Gasteiger partial charge in [-0.2, -0.15) is 10.4 Å². The van der Waals surface area contributed by atoms with E-state index >= 15 is 0 Å². The maximum Gasteiger partial charge on any atom is 0.180 e. The summed E-state index contributed by atoms with van der Waals surface area (Å²) in [5.74, 6) is 1.34. The van der Waals surface area contributed by atoms with Gasteiger partial charge in [-0.05, 0) is 13.0 Å². The fraction of sp³-hybridized carbons (Fsp3) is 0.263. The summed E-state index contributed by atoms with van der Waals surface area (Å²) in [7, 11) is 0. The van der Waals surface area contributed by atoms with Crippen LogP contribution >= 0.6 is 0 Å². The highest BCUT2D eigenvalue weighted by Gasteiger charge is 2.31. The minimum atomic E-state index is -0.0963. The van der Waals surface area contributed by atoms with Crippen molar-refractivity contribution >= 4 is 11.5 Å². The number of aromatic amines is 1. The topological polar surface area (TPSA) is 121 Å². The molecule has 2 unspecified atom stereocenters. The molecule has 1 saturated heterocycles. The molecule has 10 heteroatoms. The van der Waals surface area contributed by atoms with E-state index in [0.29, 0.717) is 29.5 Å². The van der Waals surface area contributed by atoms with Gasteiger partial charge in [0.15, 0.2) is 17.2 Å². The van der Waals surface area contributed by atoms with Crippen molar-refractivity contribution < 1.29 is 4.74 Å². The van der Waals surface area contributed by atoms with Crippen molar-refractivity contribution in [3.63, 3.8) is 0 Å². The molecule has 1 fully saturated rings. The molecule has 0 aromatic carbocycles. The lowest BCUT2D eigenvalue weighted by Crippen LogP contribution is -2.46. The van der Waals surface area contributed by atoms with E-state index in [-0.39, 0.29) is 12.1 Å². The maximum atomic E-state index is 9.14. The highest BCUT2D eigenvalue weighted by molar-refractivity contribution is 5.58. The van der Waals surface area contributed by atoms with Crippen molar-refractivity contribution in [1.82, 2.24) is 34.5 Å². The number of hydrogen-bond acceptors (Lipinski definition) is 8. The van der Waals surface area contributed by atoms with Gasteiger partial charge in [-0.1, -0.05) is 0 Å². The minimum Gasteiger partial charge on any atom is -0.369 e. The van der Waals surface area contributed by atoms with E-state index < -0.39 is 0 Å². The second-order valence-corrected chi connectivity index (χ2v) is 6.75. The number of aromatic nitrogens is 7. The first-order valence-corrected chi connectivity index (χ1v) is 9.18. The molecule has 0 bridgehead atoms. The Morgan fingerprint density at radius 2 is 2.17 bits per heavy atom. The van der Waals surface area contributed by atoms with Gasteiger partial charge in [0.05, 0.1) is 31.2 Å². The number of ether oxygens (including phenoxy) is 1. The number of morpholine rings is 1. The van der Waals surface area contributed by atoms with E-state index in [0.717, 1.165) is 17.9 Å². The molecule has 1 aliphatic rings. The van der Waals surface area contributed by atoms with Crippen molar-refractivity contribution in [2.75, 3.05) is 18.1 Å². The van der Waals surface area contributed by atoms with E-state index in [1.165, 1.54) is 0 Å². The monoisotopic (exact) mass is 387 g/mol. The van der Waals surface area contributed by atoms with Crippen LogP contribution < -0.4 is 4.90 Å². The zero-order valence-electron chi connectivity index (χ0n) is 15.6. The molecule has 4 aromatic heterocycles. The van der Waals surface area contributed by atoms with E-state index in [2.05, 4.69) is 37.0 Å². The van der Waals surface area contributed by atoms with Gasteiger partial charge in [-0.3, -0.25) is 9.50 Å². The van der Waals surface area contributed by atoms with Gasteiger partial charge in [-0.25, -0.2) is 19.9 Å². The summed E-state index contributed by atoms with van der Waals surface area (Å²) in [4.78, 5) is 19.8. The predicted octanol–water partition coefficient (Wildman–Crippen LogP) is 1.75. The summed E-state index contributed by atoms with van der Waals surface area (Å²) in [6.07, 6.45) is 10.2. The number of H-pyrrole nitrogens is 1. The lowest BCUT2D eigenvalue weighted by Gasteiger charge is -2.39. The molecule has 0 spiro atoms. The number of hydrogen-bond donors (Lipinski definition) is 1. The third-order valence-electron chi connectivity index (χ3n) is 5.08. The molecule has 1 aliphatic heterocycles. The van der Waals surface area contributed by atoms with Crippen LogP contribution in [-0.4, -0.2) is 53.7 Å². The second kappa shape index (κ2) is 6.96. The van der Waals surface area contributed by atoms with Crippen molar-refractivity contribution in [3.05, 3.63) is 54.5 Å². The molecule has 0 radical (unpaired) electrons. The molecule has 4 aromatic rings. The highest BCUT2D eigenvalue weighted by atomic mass is 16.5. The first kappa shape index (κ1) is 17.3. The number of anilines is 1. The van der Waals surface area contributed by atoms with Crippen molar-refractivity contribution in [2.24, 2.45) is 0 Å². The molecule has 0 saturated carbocycles. The highest BCUT2D eigenvalue weighted by Crippen LogP contribution is 2.31. The Balaban J connectivity index is 1.51. The van der Waals surface area contributed by atoms with Gasteiger partial charge in [0.2, 0.25) is 0 Å². The van der Waals surface area contributed by atoms with Crippen LogP contribution in [0.3, 0.4) is 0 Å². The van der Waals surface area contributed by atoms with Gasteiger partial charge >= 0.3 is 0 Å². The van der Waals surface area contributed by atoms with E-state index in [1.807, 2.05) is 18.3 Å². The van der Waals surface area contributed by atoms with Crippen molar-refractivity contribution in [3.8, 4) is 17.6 Å². The van der Waals surface area contributed by atoms with Crippen LogP contribution in [0.4, 0.5) is 5.82 Å². The summed E-state index contributed by atoms with van der Waals surface area (Å²) < 4.78 is 7.75. The van der Waals surface area contributed by atoms with E-state index in [4.69, 9.17) is 15.0 Å². The summed E-state index contributed by atoms with van der Waals surface area (Å²) in [5.41, 5.74) is 2.65. The second-order valence-electron chi connectivity index (χ2n) is 6.75. The smallest absolute Gasteiger partial charge is 0.180 e. The summed E-state index contributed by atoms with van der Waals surface area (Å²) in [5, 5.41) is 16.0. The maximum absolute atomic E-state index is 9.14. The van der Waals surface area contributed by atoms with Crippen LogP contribution in [0.25, 0.3) is 17.2 Å². The van der Waals surface area contributed by atoms with Crippen LogP contribution in [0.2, 0.25) is 0 Å². The molecule has 0 aliphatic carbocycles. The molecule has 5 rings (SSSR count). The molecule has 144 valence electrons. The Kier molecular flexibility index (Phi) is 4.14. The minimum absolute atomic E-state index is 0.0701. The normalized spacial score (nSPS) is 19.4. The van der Waals surface area contributed by atoms with Crippen LogP contribution in [0.5, 0.6) is 0 Å². The number of rotatable bonds is 3. The zero-order valence-corrected chi connectivity index (χ0v) is 15.6. The summed E-state index contributed by atoms with van der Waals surface area (Å²) in [6, 6.07) is 4.01. The molecule has 10 nitrogen and oxygen atoms in total. The third-order valence-corrected chi connectivity index (χ3v) is 5.08. The predicted molar refractivity (Wildman–Crippen MR) is 103 cm³/mol. The molecule has 0 amide bonds. The molecule has 29 heavy (non-hydrogen) atoms. The first-order valence-electron chi connectivity index (χ1n) is 9.18. The van der Waals surface area contributed by atoms with E-state index in [1.54, 1.807) is 35.4 Å².